The second-order valence-corrected chi connectivity index (χ2v) is 7.02. The zero-order valence-electron chi connectivity index (χ0n) is 14.0. The van der Waals surface area contributed by atoms with Crippen molar-refractivity contribution in [3.05, 3.63) is 24.0 Å². The van der Waals surface area contributed by atoms with E-state index in [2.05, 4.69) is 16.0 Å². The first-order valence-electron chi connectivity index (χ1n) is 9.08. The van der Waals surface area contributed by atoms with Crippen LogP contribution in [0.2, 0.25) is 0 Å². The maximum Gasteiger partial charge on any atom is 0.225 e. The Bertz CT molecular complexity index is 734. The van der Waals surface area contributed by atoms with Gasteiger partial charge in [-0.05, 0) is 31.4 Å². The van der Waals surface area contributed by atoms with Crippen LogP contribution in [0.25, 0.3) is 11.0 Å². The Balaban J connectivity index is 1.56. The summed E-state index contributed by atoms with van der Waals surface area (Å²) in [6.07, 6.45) is 7.32. The van der Waals surface area contributed by atoms with Gasteiger partial charge in [-0.25, -0.2) is 9.67 Å². The summed E-state index contributed by atoms with van der Waals surface area (Å²) in [6, 6.07) is 4.04. The molecule has 4 rings (SSSR count). The number of carbonyl (C=O) groups is 1. The summed E-state index contributed by atoms with van der Waals surface area (Å²) in [4.78, 5) is 19.2. The fraction of sp³-hybridized carbons (Fsp3) is 0.611. The van der Waals surface area contributed by atoms with E-state index in [1.807, 2.05) is 10.7 Å². The van der Waals surface area contributed by atoms with Gasteiger partial charge in [0.2, 0.25) is 5.91 Å². The van der Waals surface area contributed by atoms with Crippen LogP contribution in [0.5, 0.6) is 0 Å². The Morgan fingerprint density at radius 3 is 2.92 bits per heavy atom. The van der Waals surface area contributed by atoms with E-state index in [0.717, 1.165) is 49.1 Å². The van der Waals surface area contributed by atoms with Crippen molar-refractivity contribution in [3.8, 4) is 0 Å². The molecule has 2 aromatic heterocycles. The maximum absolute atomic E-state index is 12.7. The largest absolute Gasteiger partial charge is 0.342 e. The molecule has 6 heteroatoms. The van der Waals surface area contributed by atoms with Crippen LogP contribution in [-0.2, 0) is 11.3 Å². The molecule has 1 aliphatic heterocycles. The number of nitrogens with two attached hydrogens (primary N) is 1. The normalized spacial score (nSPS) is 21.9. The smallest absolute Gasteiger partial charge is 0.225 e. The molecule has 1 aliphatic carbocycles. The minimum Gasteiger partial charge on any atom is -0.342 e. The third-order valence-electron chi connectivity index (χ3n) is 5.47. The van der Waals surface area contributed by atoms with Crippen molar-refractivity contribution in [1.29, 1.82) is 0 Å². The zero-order valence-corrected chi connectivity index (χ0v) is 14.0. The third-order valence-corrected chi connectivity index (χ3v) is 5.47. The molecule has 24 heavy (non-hydrogen) atoms. The van der Waals surface area contributed by atoms with Crippen LogP contribution < -0.4 is 5.73 Å². The van der Waals surface area contributed by atoms with Gasteiger partial charge in [0.15, 0.2) is 5.65 Å². The number of carbonyl (C=O) groups excluding carboxylic acids is 1. The Hall–Kier alpha value is -1.95. The Morgan fingerprint density at radius 1 is 1.29 bits per heavy atom. The fourth-order valence-corrected chi connectivity index (χ4v) is 4.23. The summed E-state index contributed by atoms with van der Waals surface area (Å²) in [7, 11) is 0. The van der Waals surface area contributed by atoms with Crippen molar-refractivity contribution in [2.45, 2.75) is 44.6 Å². The molecular formula is C18H25N5O. The van der Waals surface area contributed by atoms with Gasteiger partial charge < -0.3 is 10.6 Å². The monoisotopic (exact) mass is 327 g/mol. The molecule has 1 amide bonds. The molecular weight excluding hydrogens is 302 g/mol. The van der Waals surface area contributed by atoms with Crippen molar-refractivity contribution >= 4 is 16.9 Å². The standard InChI is InChI=1S/C18H25N5O/c19-8-11-23-17-15(6-3-9-20-17)16(21-23)14-7-10-22(12-14)18(24)13-4-1-2-5-13/h3,6,9,13-14H,1-2,4-5,7-8,10-12,19H2. The highest BCUT2D eigenvalue weighted by atomic mass is 16.2. The number of hydrogen-bond donors (Lipinski definition) is 1. The molecule has 0 radical (unpaired) electrons. The highest BCUT2D eigenvalue weighted by Gasteiger charge is 2.34. The van der Waals surface area contributed by atoms with Gasteiger partial charge in [0.05, 0.1) is 12.2 Å². The Labute approximate surface area is 142 Å². The van der Waals surface area contributed by atoms with Crippen molar-refractivity contribution in [3.63, 3.8) is 0 Å². The number of likely N-dealkylation sites (tertiary alicyclic amines) is 1. The third kappa shape index (κ3) is 2.69. The minimum absolute atomic E-state index is 0.261. The second kappa shape index (κ2) is 6.51. The summed E-state index contributed by atoms with van der Waals surface area (Å²) in [5.74, 6) is 0.928. The summed E-state index contributed by atoms with van der Waals surface area (Å²) >= 11 is 0. The van der Waals surface area contributed by atoms with Crippen LogP contribution in [0.15, 0.2) is 18.3 Å². The molecule has 2 N–H and O–H groups in total. The number of rotatable bonds is 4. The Kier molecular flexibility index (Phi) is 4.22. The number of nitrogens with zero attached hydrogens (tertiary/aromatic N) is 4. The molecule has 1 atom stereocenters. The molecule has 0 spiro atoms. The van der Waals surface area contributed by atoms with E-state index in [9.17, 15) is 4.79 Å². The quantitative estimate of drug-likeness (QED) is 0.930. The molecule has 128 valence electrons. The second-order valence-electron chi connectivity index (χ2n) is 7.02. The summed E-state index contributed by atoms with van der Waals surface area (Å²) in [5, 5.41) is 5.89. The molecule has 3 heterocycles. The van der Waals surface area contributed by atoms with Crippen LogP contribution >= 0.6 is 0 Å². The van der Waals surface area contributed by atoms with E-state index in [1.54, 1.807) is 6.20 Å². The van der Waals surface area contributed by atoms with Crippen LogP contribution in [-0.4, -0.2) is 45.2 Å². The maximum atomic E-state index is 12.7. The number of fused-ring (bicyclic) bond motifs is 1. The van der Waals surface area contributed by atoms with E-state index in [4.69, 9.17) is 10.8 Å². The molecule has 6 nitrogen and oxygen atoms in total. The summed E-state index contributed by atoms with van der Waals surface area (Å²) in [6.45, 7) is 2.86. The number of amides is 1. The molecule has 1 saturated heterocycles. The molecule has 2 aliphatic rings. The van der Waals surface area contributed by atoms with E-state index >= 15 is 0 Å². The van der Waals surface area contributed by atoms with Crippen molar-refractivity contribution < 1.29 is 4.79 Å². The topological polar surface area (TPSA) is 77.0 Å². The van der Waals surface area contributed by atoms with Crippen LogP contribution in [0.4, 0.5) is 0 Å². The lowest BCUT2D eigenvalue weighted by atomic mass is 10.0. The van der Waals surface area contributed by atoms with E-state index in [1.165, 1.54) is 12.8 Å². The first-order valence-corrected chi connectivity index (χ1v) is 9.08. The minimum atomic E-state index is 0.261. The SMILES string of the molecule is NCCn1nc(C2CCN(C(=O)C3CCCC3)C2)c2cccnc21. The Morgan fingerprint density at radius 2 is 2.12 bits per heavy atom. The lowest BCUT2D eigenvalue weighted by Crippen LogP contribution is -2.33. The lowest BCUT2D eigenvalue weighted by molar-refractivity contribution is -0.134. The van der Waals surface area contributed by atoms with Gasteiger partial charge in [0.1, 0.15) is 0 Å². The van der Waals surface area contributed by atoms with Gasteiger partial charge in [-0.1, -0.05) is 12.8 Å². The zero-order chi connectivity index (χ0) is 16.5. The van der Waals surface area contributed by atoms with E-state index in [0.29, 0.717) is 24.9 Å². The molecule has 1 unspecified atom stereocenters. The van der Waals surface area contributed by atoms with Gasteiger partial charge in [0.25, 0.3) is 0 Å². The predicted octanol–water partition coefficient (Wildman–Crippen LogP) is 1.90. The molecule has 2 fully saturated rings. The first-order chi connectivity index (χ1) is 11.8. The van der Waals surface area contributed by atoms with Gasteiger partial charge in [-0.2, -0.15) is 5.10 Å². The molecule has 1 saturated carbocycles. The van der Waals surface area contributed by atoms with Gasteiger partial charge in [-0.3, -0.25) is 4.79 Å². The summed E-state index contributed by atoms with van der Waals surface area (Å²) in [5.41, 5.74) is 7.68. The number of hydrogen-bond acceptors (Lipinski definition) is 4. The van der Waals surface area contributed by atoms with Crippen molar-refractivity contribution in [1.82, 2.24) is 19.7 Å². The van der Waals surface area contributed by atoms with Crippen LogP contribution in [0.1, 0.15) is 43.7 Å². The van der Waals surface area contributed by atoms with Crippen LogP contribution in [0.3, 0.4) is 0 Å². The molecule has 0 aromatic carbocycles. The predicted molar refractivity (Wildman–Crippen MR) is 92.5 cm³/mol. The van der Waals surface area contributed by atoms with Gasteiger partial charge >= 0.3 is 0 Å². The highest BCUT2D eigenvalue weighted by molar-refractivity contribution is 5.81. The average molecular weight is 327 g/mol. The molecule has 2 aromatic rings. The highest BCUT2D eigenvalue weighted by Crippen LogP contribution is 2.34. The number of pyridine rings is 1. The van der Waals surface area contributed by atoms with Crippen LogP contribution in [0, 0.1) is 5.92 Å². The van der Waals surface area contributed by atoms with Gasteiger partial charge in [0, 0.05) is 43.1 Å². The van der Waals surface area contributed by atoms with Gasteiger partial charge in [-0.15, -0.1) is 0 Å². The van der Waals surface area contributed by atoms with Crippen molar-refractivity contribution in [2.24, 2.45) is 11.7 Å². The average Bonchev–Trinajstić information content (AvgIpc) is 3.35. The lowest BCUT2D eigenvalue weighted by Gasteiger charge is -2.20. The fourth-order valence-electron chi connectivity index (χ4n) is 4.23. The van der Waals surface area contributed by atoms with E-state index < -0.39 is 0 Å². The molecule has 0 bridgehead atoms. The summed E-state index contributed by atoms with van der Waals surface area (Å²) < 4.78 is 1.91. The van der Waals surface area contributed by atoms with Crippen molar-refractivity contribution in [2.75, 3.05) is 19.6 Å². The first kappa shape index (κ1) is 15.6. The van der Waals surface area contributed by atoms with E-state index in [-0.39, 0.29) is 5.92 Å². The number of aromatic nitrogens is 3.